The molecule has 9 nitrogen and oxygen atoms in total. The highest BCUT2D eigenvalue weighted by Gasteiger charge is 2.57. The third-order valence-corrected chi connectivity index (χ3v) is 3.84. The molecule has 3 rings (SSSR count). The highest BCUT2D eigenvalue weighted by atomic mass is 19.1. The predicted octanol–water partition coefficient (Wildman–Crippen LogP) is -0.283. The van der Waals surface area contributed by atoms with E-state index in [4.69, 9.17) is 15.2 Å². The Labute approximate surface area is 135 Å². The van der Waals surface area contributed by atoms with E-state index in [9.17, 15) is 10.2 Å². The van der Waals surface area contributed by atoms with Crippen molar-refractivity contribution in [2.24, 2.45) is 0 Å². The molecule has 0 saturated carbocycles. The number of aliphatic hydroxyl groups excluding tert-OH is 2. The Balaban J connectivity index is 2.19. The summed E-state index contributed by atoms with van der Waals surface area (Å²) in [6.45, 7) is 2.77. The molecule has 3 heterocycles. The van der Waals surface area contributed by atoms with E-state index in [-0.39, 0.29) is 23.0 Å². The minimum absolute atomic E-state index is 0.0953. The predicted molar refractivity (Wildman–Crippen MR) is 80.8 cm³/mol. The number of aliphatic hydroxyl groups is 2. The van der Waals surface area contributed by atoms with Crippen LogP contribution >= 0.6 is 0 Å². The summed E-state index contributed by atoms with van der Waals surface area (Å²) in [6, 6.07) is 0. The van der Waals surface area contributed by atoms with Gasteiger partial charge in [-0.05, 0) is 0 Å². The minimum atomic E-state index is -2.39. The molecule has 0 radical (unpaired) electrons. The summed E-state index contributed by atoms with van der Waals surface area (Å²) < 4.78 is 27.2. The molecule has 1 fully saturated rings. The third kappa shape index (κ3) is 2.24. The Morgan fingerprint density at radius 2 is 2.38 bits per heavy atom. The number of rotatable bonds is 4. The lowest BCUT2D eigenvalue weighted by Crippen LogP contribution is -2.41. The van der Waals surface area contributed by atoms with E-state index in [1.165, 1.54) is 18.0 Å². The van der Waals surface area contributed by atoms with E-state index < -0.39 is 30.7 Å². The molecular formula is C14H16FN5O4. The summed E-state index contributed by atoms with van der Waals surface area (Å²) >= 11 is 0. The van der Waals surface area contributed by atoms with Gasteiger partial charge < -0.3 is 25.4 Å². The van der Waals surface area contributed by atoms with Crippen LogP contribution in [0.2, 0.25) is 0 Å². The molecule has 10 heteroatoms. The van der Waals surface area contributed by atoms with Gasteiger partial charge in [0.25, 0.3) is 0 Å². The fourth-order valence-electron chi connectivity index (χ4n) is 2.73. The lowest BCUT2D eigenvalue weighted by Gasteiger charge is -2.25. The zero-order valence-corrected chi connectivity index (χ0v) is 12.8. The number of hydrogen-bond donors (Lipinski definition) is 3. The molecule has 1 aliphatic heterocycles. The molecule has 1 saturated heterocycles. The van der Waals surface area contributed by atoms with Crippen LogP contribution in [0, 0.1) is 0 Å². The second kappa shape index (κ2) is 5.84. The molecule has 128 valence electrons. The van der Waals surface area contributed by atoms with E-state index in [1.54, 1.807) is 0 Å². The Morgan fingerprint density at radius 1 is 1.62 bits per heavy atom. The normalized spacial score (nSPS) is 29.6. The number of hydrogen-bond acceptors (Lipinski definition) is 8. The Kier molecular flexibility index (Phi) is 3.98. The zero-order valence-electron chi connectivity index (χ0n) is 12.8. The second-order valence-corrected chi connectivity index (χ2v) is 5.25. The van der Waals surface area contributed by atoms with E-state index in [1.807, 2.05) is 0 Å². The molecule has 0 unspecified atom stereocenters. The van der Waals surface area contributed by atoms with Crippen LogP contribution in [0.3, 0.4) is 0 Å². The molecule has 0 bridgehead atoms. The summed E-state index contributed by atoms with van der Waals surface area (Å²) in [7, 11) is 1.39. The molecule has 4 N–H and O–H groups in total. The van der Waals surface area contributed by atoms with Gasteiger partial charge >= 0.3 is 0 Å². The van der Waals surface area contributed by atoms with Crippen LogP contribution in [-0.4, -0.2) is 61.3 Å². The van der Waals surface area contributed by atoms with Crippen LogP contribution in [0.25, 0.3) is 11.2 Å². The van der Waals surface area contributed by atoms with Crippen LogP contribution in [0.4, 0.5) is 10.3 Å². The summed E-state index contributed by atoms with van der Waals surface area (Å²) in [5.41, 5.74) is 5.97. The molecule has 2 aromatic heterocycles. The maximum atomic E-state index is 15.4. The lowest BCUT2D eigenvalue weighted by atomic mass is 9.96. The number of halogens is 1. The van der Waals surface area contributed by atoms with Gasteiger partial charge in [-0.3, -0.25) is 4.57 Å². The number of anilines is 1. The first kappa shape index (κ1) is 16.3. The van der Waals surface area contributed by atoms with Crippen molar-refractivity contribution in [2.75, 3.05) is 19.5 Å². The number of alkyl halides is 1. The summed E-state index contributed by atoms with van der Waals surface area (Å²) in [5, 5.41) is 19.5. The molecule has 0 amide bonds. The van der Waals surface area contributed by atoms with Crippen molar-refractivity contribution in [1.29, 1.82) is 0 Å². The topological polar surface area (TPSA) is 129 Å². The van der Waals surface area contributed by atoms with Crippen LogP contribution < -0.4 is 10.5 Å². The Bertz CT molecular complexity index is 821. The quantitative estimate of drug-likeness (QED) is 0.650. The van der Waals surface area contributed by atoms with Gasteiger partial charge in [0.1, 0.15) is 12.2 Å². The highest BCUT2D eigenvalue weighted by Crippen LogP contribution is 2.43. The van der Waals surface area contributed by atoms with Crippen molar-refractivity contribution in [3.05, 3.63) is 24.7 Å². The minimum Gasteiger partial charge on any atom is -0.479 e. The fraction of sp³-hybridized carbons (Fsp3) is 0.429. The average molecular weight is 337 g/mol. The van der Waals surface area contributed by atoms with Gasteiger partial charge in [-0.25, -0.2) is 9.37 Å². The molecule has 1 aliphatic rings. The van der Waals surface area contributed by atoms with Gasteiger partial charge in [0.15, 0.2) is 17.4 Å². The van der Waals surface area contributed by atoms with Crippen molar-refractivity contribution in [2.45, 2.75) is 24.1 Å². The maximum Gasteiger partial charge on any atom is 0.246 e. The van der Waals surface area contributed by atoms with Gasteiger partial charge in [-0.15, -0.1) is 5.73 Å². The average Bonchev–Trinajstić information content (AvgIpc) is 3.07. The van der Waals surface area contributed by atoms with Crippen LogP contribution in [0.1, 0.15) is 6.23 Å². The molecule has 2 aromatic rings. The number of nitrogen functional groups attached to an aromatic ring is 1. The zero-order chi connectivity index (χ0) is 17.5. The number of methoxy groups -OCH3 is 1. The standard InChI is InChI=1S/C14H16FN5O4/c1-3-4-14(15)9(22)7(5-21)24-12(14)20-6-17-8-10(20)18-13(16)19-11(8)23-2/h4,6-7,9,12,21-22H,1,5H2,2H3,(H2,16,18,19)/t7-,9-,12-,14-/m1/s1. The number of aromatic nitrogens is 4. The molecule has 24 heavy (non-hydrogen) atoms. The number of fused-ring (bicyclic) bond motifs is 1. The van der Waals surface area contributed by atoms with Crippen molar-refractivity contribution in [3.8, 4) is 5.88 Å². The van der Waals surface area contributed by atoms with Crippen molar-refractivity contribution in [1.82, 2.24) is 19.5 Å². The largest absolute Gasteiger partial charge is 0.479 e. The first-order valence-electron chi connectivity index (χ1n) is 7.00. The van der Waals surface area contributed by atoms with E-state index in [0.29, 0.717) is 0 Å². The molecular weight excluding hydrogens is 321 g/mol. The van der Waals surface area contributed by atoms with Crippen molar-refractivity contribution >= 4 is 17.1 Å². The first-order valence-corrected chi connectivity index (χ1v) is 7.00. The van der Waals surface area contributed by atoms with Crippen molar-refractivity contribution in [3.63, 3.8) is 0 Å². The highest BCUT2D eigenvalue weighted by molar-refractivity contribution is 5.77. The van der Waals surface area contributed by atoms with Crippen LogP contribution in [-0.2, 0) is 4.74 Å². The van der Waals surface area contributed by atoms with Gasteiger partial charge in [0, 0.05) is 6.08 Å². The first-order chi connectivity index (χ1) is 11.5. The van der Waals surface area contributed by atoms with E-state index >= 15 is 4.39 Å². The van der Waals surface area contributed by atoms with Crippen LogP contribution in [0.15, 0.2) is 24.7 Å². The van der Waals surface area contributed by atoms with E-state index in [2.05, 4.69) is 27.3 Å². The monoisotopic (exact) mass is 337 g/mol. The number of nitrogens with two attached hydrogens (primary N) is 1. The molecule has 4 atom stereocenters. The smallest absolute Gasteiger partial charge is 0.246 e. The van der Waals surface area contributed by atoms with Gasteiger partial charge in [0.2, 0.25) is 17.5 Å². The summed E-state index contributed by atoms with van der Waals surface area (Å²) in [4.78, 5) is 12.0. The van der Waals surface area contributed by atoms with Crippen molar-refractivity contribution < 1.29 is 24.1 Å². The number of ether oxygens (including phenoxy) is 2. The van der Waals surface area contributed by atoms with Gasteiger partial charge in [0.05, 0.1) is 20.0 Å². The molecule has 0 aromatic carbocycles. The Morgan fingerprint density at radius 3 is 3.00 bits per heavy atom. The fourth-order valence-corrected chi connectivity index (χ4v) is 2.73. The molecule has 0 aliphatic carbocycles. The Hall–Kier alpha value is -2.52. The lowest BCUT2D eigenvalue weighted by molar-refractivity contribution is -0.0515. The maximum absolute atomic E-state index is 15.4. The number of imidazole rings is 1. The van der Waals surface area contributed by atoms with Gasteiger partial charge in [-0.1, -0.05) is 6.58 Å². The second-order valence-electron chi connectivity index (χ2n) is 5.25. The summed E-state index contributed by atoms with van der Waals surface area (Å²) in [5.74, 6) is 0.0271. The van der Waals surface area contributed by atoms with Gasteiger partial charge in [-0.2, -0.15) is 9.97 Å². The number of nitrogens with zero attached hydrogens (tertiary/aromatic N) is 4. The summed E-state index contributed by atoms with van der Waals surface area (Å²) in [6.07, 6.45) is -1.90. The third-order valence-electron chi connectivity index (χ3n) is 3.84. The van der Waals surface area contributed by atoms with E-state index in [0.717, 1.165) is 6.08 Å². The van der Waals surface area contributed by atoms with Crippen LogP contribution in [0.5, 0.6) is 5.88 Å². The molecule has 0 spiro atoms. The SMILES string of the molecule is C=C=C[C@@]1(F)[C@H](O)[C@@H](CO)O[C@H]1n1cnc2c(OC)nc(N)nc21.